The Morgan fingerprint density at radius 3 is 1.00 bits per heavy atom. The van der Waals surface area contributed by atoms with E-state index in [1.54, 1.807) is 0 Å². The van der Waals surface area contributed by atoms with E-state index in [9.17, 15) is 0 Å². The first-order valence-corrected chi connectivity index (χ1v) is 0. The van der Waals surface area contributed by atoms with E-state index in [0.29, 0.717) is 0 Å². The van der Waals surface area contributed by atoms with E-state index in [0.717, 1.165) is 0 Å². The third-order valence-electron chi connectivity index (χ3n) is 0. The maximum atomic E-state index is 0. The van der Waals surface area contributed by atoms with E-state index in [4.69, 9.17) is 0 Å². The molecule has 32 valence electrons. The molecule has 0 rings (SSSR count). The van der Waals surface area contributed by atoms with Crippen molar-refractivity contribution in [2.45, 2.75) is 0 Å². The van der Waals surface area contributed by atoms with Crippen molar-refractivity contribution in [1.82, 2.24) is 0 Å². The molecule has 0 atom stereocenters. The molecule has 0 aromatic rings. The summed E-state index contributed by atoms with van der Waals surface area (Å²) in [6, 6.07) is 0. The average Bonchev–Trinajstić information content (AvgIpc) is 0. The fourth-order valence-electron chi connectivity index (χ4n) is 0. The Bertz CT molecular complexity index is 8.00. The van der Waals surface area contributed by atoms with Crippen molar-refractivity contribution in [2.24, 2.45) is 0 Å². The molecule has 0 amide bonds. The van der Waals surface area contributed by atoms with E-state index in [1.807, 2.05) is 0 Å². The Labute approximate surface area is 61.8 Å². The van der Waals surface area contributed by atoms with Crippen LogP contribution in [0.2, 0.25) is 0 Å². The van der Waals surface area contributed by atoms with Gasteiger partial charge in [0.1, 0.15) is 0 Å². The Morgan fingerprint density at radius 1 is 1.00 bits per heavy atom. The van der Waals surface area contributed by atoms with Crippen LogP contribution in [0.5, 0.6) is 0 Å². The summed E-state index contributed by atoms with van der Waals surface area (Å²) in [6.07, 6.45) is 0. The van der Waals surface area contributed by atoms with E-state index in [2.05, 4.69) is 0 Å². The fraction of sp³-hybridized carbons (Fsp3) is 0. The zero-order valence-corrected chi connectivity index (χ0v) is 5.77. The van der Waals surface area contributed by atoms with Crippen LogP contribution in [0.15, 0.2) is 0 Å². The van der Waals surface area contributed by atoms with Gasteiger partial charge >= 0.3 is 0 Å². The Kier molecular flexibility index (Phi) is 236. The molecular weight excluding hydrogens is 315 g/mol. The minimum Gasteiger partial charge on any atom is 0 e. The van der Waals surface area contributed by atoms with Gasteiger partial charge in [-0.15, -0.1) is 0 Å². The molecule has 0 aliphatic rings. The predicted octanol–water partition coefficient (Wildman–Crippen LogP) is -1.19. The second-order valence-corrected chi connectivity index (χ2v) is 0. The molecule has 0 aromatic carbocycles. The van der Waals surface area contributed by atoms with Crippen molar-refractivity contribution in [2.75, 3.05) is 0 Å². The van der Waals surface area contributed by atoms with Crippen molar-refractivity contribution >= 4 is 8.41 Å². The van der Waals surface area contributed by atoms with Gasteiger partial charge in [0.2, 0.25) is 0 Å². The molecule has 0 fully saturated rings. The van der Waals surface area contributed by atoms with Gasteiger partial charge in [-0.2, -0.15) is 0 Å². The van der Waals surface area contributed by atoms with Gasteiger partial charge in [0.25, 0.3) is 0 Å². The minimum absolute atomic E-state index is 0. The van der Waals surface area contributed by atoms with Gasteiger partial charge < -0.3 is 0 Å². The zero-order valence-electron chi connectivity index (χ0n) is 1.03. The Morgan fingerprint density at radius 2 is 1.00 bits per heavy atom. The van der Waals surface area contributed by atoms with E-state index < -0.39 is 0 Å². The first kappa shape index (κ1) is 42.9. The molecule has 0 N–H and O–H groups in total. The smallest absolute Gasteiger partial charge is 0 e. The summed E-state index contributed by atoms with van der Waals surface area (Å²) >= 11 is 0. The van der Waals surface area contributed by atoms with Crippen molar-refractivity contribution < 1.29 is 53.7 Å². The van der Waals surface area contributed by atoms with Crippen molar-refractivity contribution in [3.05, 3.63) is 0 Å². The predicted molar refractivity (Wildman–Crippen MR) is 9.94 cm³/mol. The summed E-state index contributed by atoms with van der Waals surface area (Å²) in [4.78, 5) is 0. The normalized spacial score (nSPS) is 0. The van der Waals surface area contributed by atoms with Crippen LogP contribution in [0.3, 0.4) is 0 Å². The van der Waals surface area contributed by atoms with Gasteiger partial charge in [-0.3, -0.25) is 0 Å². The summed E-state index contributed by atoms with van der Waals surface area (Å²) in [7, 11) is 0. The summed E-state index contributed by atoms with van der Waals surface area (Å²) in [6.45, 7) is 0. The molecule has 4 heavy (non-hydrogen) atoms. The molecule has 2 radical (unpaired) electrons. The van der Waals surface area contributed by atoms with Crippen molar-refractivity contribution in [1.29, 1.82) is 0 Å². The van der Waals surface area contributed by atoms with Crippen LogP contribution in [-0.2, 0) is 53.7 Å². The second-order valence-electron chi connectivity index (χ2n) is 0. The standard InChI is InChI=1S/BH3.Co.Ni.Re/h1H3;;;. The third kappa shape index (κ3) is 9.29. The number of hydrogen-bond donors (Lipinski definition) is 0. The summed E-state index contributed by atoms with van der Waals surface area (Å²) in [5.41, 5.74) is 0. The fourth-order valence-corrected chi connectivity index (χ4v) is 0. The Hall–Kier alpha value is 1.73. The summed E-state index contributed by atoms with van der Waals surface area (Å²) in [5.74, 6) is 0. The van der Waals surface area contributed by atoms with Gasteiger partial charge in [0.05, 0.1) is 8.41 Å². The van der Waals surface area contributed by atoms with Crippen LogP contribution < -0.4 is 0 Å². The number of rotatable bonds is 0. The van der Waals surface area contributed by atoms with Gasteiger partial charge in [0, 0.05) is 53.7 Å². The SMILES string of the molecule is B.[Co].[Ni].[Re]. The van der Waals surface area contributed by atoms with Crippen molar-refractivity contribution in [3.8, 4) is 0 Å². The average molecular weight is 318 g/mol. The monoisotopic (exact) mass is 318 g/mol. The van der Waals surface area contributed by atoms with Gasteiger partial charge in [-0.25, -0.2) is 0 Å². The topological polar surface area (TPSA) is 0 Å². The third-order valence-corrected chi connectivity index (χ3v) is 0. The zero-order chi connectivity index (χ0) is 0. The van der Waals surface area contributed by atoms with Crippen LogP contribution in [0.4, 0.5) is 0 Å². The maximum absolute atomic E-state index is 0. The molecule has 0 aromatic heterocycles. The van der Waals surface area contributed by atoms with Crippen LogP contribution in [0.1, 0.15) is 0 Å². The van der Waals surface area contributed by atoms with Gasteiger partial charge in [-0.05, 0) is 0 Å². The minimum atomic E-state index is 0. The second kappa shape index (κ2) is 22.0. The van der Waals surface area contributed by atoms with Crippen LogP contribution >= 0.6 is 0 Å². The molecule has 0 saturated heterocycles. The van der Waals surface area contributed by atoms with E-state index in [-0.39, 0.29) is 62.1 Å². The van der Waals surface area contributed by atoms with E-state index >= 15 is 0 Å². The van der Waals surface area contributed by atoms with E-state index in [1.165, 1.54) is 0 Å². The first-order valence-electron chi connectivity index (χ1n) is 0. The van der Waals surface area contributed by atoms with Crippen LogP contribution in [0.25, 0.3) is 0 Å². The Balaban J connectivity index is 0. The molecule has 0 heterocycles. The van der Waals surface area contributed by atoms with Crippen LogP contribution in [0, 0.1) is 0 Å². The first-order chi connectivity index (χ1) is 0. The summed E-state index contributed by atoms with van der Waals surface area (Å²) < 4.78 is 0. The largest absolute Gasteiger partial charge is 0.0814 e. The molecule has 0 aliphatic heterocycles. The van der Waals surface area contributed by atoms with Gasteiger partial charge in [0.15, 0.2) is 0 Å². The molecule has 0 aliphatic carbocycles. The molecule has 0 nitrogen and oxygen atoms in total. The molecule has 0 unspecified atom stereocenters. The molecule has 0 bridgehead atoms. The van der Waals surface area contributed by atoms with Crippen LogP contribution in [-0.4, -0.2) is 8.41 Å². The quantitative estimate of drug-likeness (QED) is 0.493. The molecule has 0 saturated carbocycles. The van der Waals surface area contributed by atoms with Gasteiger partial charge in [-0.1, -0.05) is 0 Å². The molecule has 0 spiro atoms. The maximum Gasteiger partial charge on any atom is 0.0814 e. The number of hydrogen-bond acceptors (Lipinski definition) is 0. The van der Waals surface area contributed by atoms with Crippen molar-refractivity contribution in [3.63, 3.8) is 0 Å². The molecular formula is H3BCoNiRe. The summed E-state index contributed by atoms with van der Waals surface area (Å²) in [5, 5.41) is 0. The molecule has 4 heteroatoms.